The van der Waals surface area contributed by atoms with Gasteiger partial charge < -0.3 is 21.5 Å². The van der Waals surface area contributed by atoms with Gasteiger partial charge in [-0.05, 0) is 25.8 Å². The van der Waals surface area contributed by atoms with Gasteiger partial charge in [-0.25, -0.2) is 4.79 Å². The first-order valence-corrected chi connectivity index (χ1v) is 6.05. The second kappa shape index (κ2) is 6.95. The third-order valence-electron chi connectivity index (χ3n) is 2.92. The molecule has 0 aromatic carbocycles. The number of primary amides is 1. The van der Waals surface area contributed by atoms with E-state index in [4.69, 9.17) is 10.8 Å². The topological polar surface area (TPSA) is 122 Å². The smallest absolute Gasteiger partial charge is 0.326 e. The minimum Gasteiger partial charge on any atom is -0.480 e. The Morgan fingerprint density at radius 2 is 2.11 bits per heavy atom. The van der Waals surface area contributed by atoms with Gasteiger partial charge in [0, 0.05) is 6.42 Å². The summed E-state index contributed by atoms with van der Waals surface area (Å²) in [5, 5.41) is 14.4. The van der Waals surface area contributed by atoms with Crippen molar-refractivity contribution in [2.75, 3.05) is 6.54 Å². The summed E-state index contributed by atoms with van der Waals surface area (Å²) in [6.45, 7) is 0.761. The highest BCUT2D eigenvalue weighted by atomic mass is 16.4. The van der Waals surface area contributed by atoms with Crippen LogP contribution in [0.4, 0.5) is 0 Å². The van der Waals surface area contributed by atoms with Crippen LogP contribution in [0.2, 0.25) is 0 Å². The molecule has 7 heteroatoms. The zero-order valence-corrected chi connectivity index (χ0v) is 10.1. The molecule has 18 heavy (non-hydrogen) atoms. The minimum atomic E-state index is -1.15. The Bertz CT molecular complexity index is 326. The molecule has 7 nitrogen and oxygen atoms in total. The number of carbonyl (C=O) groups excluding carboxylic acids is 2. The SMILES string of the molecule is NC(=O)CC[C@H](NC(=O)[C@H]1CCCCN1)C(=O)O. The number of carboxylic acid groups (broad SMARTS) is 1. The second-order valence-electron chi connectivity index (χ2n) is 4.41. The fourth-order valence-corrected chi connectivity index (χ4v) is 1.89. The van der Waals surface area contributed by atoms with Gasteiger partial charge in [0.25, 0.3) is 0 Å². The molecule has 1 rings (SSSR count). The summed E-state index contributed by atoms with van der Waals surface area (Å²) in [4.78, 5) is 33.4. The Morgan fingerprint density at radius 3 is 2.61 bits per heavy atom. The van der Waals surface area contributed by atoms with E-state index in [-0.39, 0.29) is 24.8 Å². The molecule has 1 aliphatic heterocycles. The molecule has 1 aliphatic rings. The first kappa shape index (κ1) is 14.4. The zero-order valence-electron chi connectivity index (χ0n) is 10.1. The maximum absolute atomic E-state index is 11.8. The lowest BCUT2D eigenvalue weighted by atomic mass is 10.0. The number of hydrogen-bond acceptors (Lipinski definition) is 4. The molecule has 0 aliphatic carbocycles. The van der Waals surface area contributed by atoms with Crippen LogP contribution in [-0.2, 0) is 14.4 Å². The first-order valence-electron chi connectivity index (χ1n) is 6.05. The van der Waals surface area contributed by atoms with Crippen LogP contribution in [0.1, 0.15) is 32.1 Å². The number of nitrogens with two attached hydrogens (primary N) is 1. The lowest BCUT2D eigenvalue weighted by Crippen LogP contribution is -2.51. The van der Waals surface area contributed by atoms with Gasteiger partial charge in [-0.1, -0.05) is 6.42 Å². The number of hydrogen-bond donors (Lipinski definition) is 4. The maximum Gasteiger partial charge on any atom is 0.326 e. The standard InChI is InChI=1S/C11H19N3O4/c12-9(15)5-4-8(11(17)18)14-10(16)7-3-1-2-6-13-7/h7-8,13H,1-6H2,(H2,12,15)(H,14,16)(H,17,18)/t7-,8+/m1/s1. The highest BCUT2D eigenvalue weighted by Crippen LogP contribution is 2.08. The molecule has 0 unspecified atom stereocenters. The second-order valence-corrected chi connectivity index (χ2v) is 4.41. The molecule has 2 amide bonds. The summed E-state index contributed by atoms with van der Waals surface area (Å²) in [7, 11) is 0. The van der Waals surface area contributed by atoms with Crippen molar-refractivity contribution >= 4 is 17.8 Å². The van der Waals surface area contributed by atoms with Crippen LogP contribution in [0.5, 0.6) is 0 Å². The number of aliphatic carboxylic acids is 1. The van der Waals surface area contributed by atoms with Crippen LogP contribution in [-0.4, -0.2) is 41.5 Å². The third kappa shape index (κ3) is 4.70. The summed E-state index contributed by atoms with van der Waals surface area (Å²) in [6.07, 6.45) is 2.63. The third-order valence-corrected chi connectivity index (χ3v) is 2.92. The van der Waals surface area contributed by atoms with E-state index in [1.807, 2.05) is 0 Å². The van der Waals surface area contributed by atoms with E-state index < -0.39 is 17.9 Å². The van der Waals surface area contributed by atoms with Crippen molar-refractivity contribution in [1.29, 1.82) is 0 Å². The Morgan fingerprint density at radius 1 is 1.39 bits per heavy atom. The van der Waals surface area contributed by atoms with Crippen LogP contribution in [0.15, 0.2) is 0 Å². The molecule has 5 N–H and O–H groups in total. The molecule has 0 bridgehead atoms. The molecular weight excluding hydrogens is 238 g/mol. The Labute approximate surface area is 105 Å². The van der Waals surface area contributed by atoms with Crippen molar-refractivity contribution in [3.63, 3.8) is 0 Å². The van der Waals surface area contributed by atoms with E-state index >= 15 is 0 Å². The van der Waals surface area contributed by atoms with Crippen LogP contribution < -0.4 is 16.4 Å². The van der Waals surface area contributed by atoms with E-state index in [0.29, 0.717) is 6.42 Å². The lowest BCUT2D eigenvalue weighted by Gasteiger charge is -2.24. The molecule has 0 aromatic rings. The zero-order chi connectivity index (χ0) is 13.5. The van der Waals surface area contributed by atoms with Gasteiger partial charge in [0.15, 0.2) is 0 Å². The quantitative estimate of drug-likeness (QED) is 0.484. The number of carboxylic acids is 1. The van der Waals surface area contributed by atoms with E-state index in [1.54, 1.807) is 0 Å². The van der Waals surface area contributed by atoms with Gasteiger partial charge in [-0.15, -0.1) is 0 Å². The van der Waals surface area contributed by atoms with Gasteiger partial charge in [-0.3, -0.25) is 9.59 Å². The van der Waals surface area contributed by atoms with Crippen LogP contribution >= 0.6 is 0 Å². The van der Waals surface area contributed by atoms with Crippen LogP contribution in [0.25, 0.3) is 0 Å². The van der Waals surface area contributed by atoms with Crippen molar-refractivity contribution in [3.8, 4) is 0 Å². The molecule has 102 valence electrons. The first-order chi connectivity index (χ1) is 8.50. The van der Waals surface area contributed by atoms with Crippen molar-refractivity contribution in [3.05, 3.63) is 0 Å². The lowest BCUT2D eigenvalue weighted by molar-refractivity contribution is -0.142. The van der Waals surface area contributed by atoms with Gasteiger partial charge in [0.2, 0.25) is 11.8 Å². The number of rotatable bonds is 6. The van der Waals surface area contributed by atoms with Crippen molar-refractivity contribution in [2.45, 2.75) is 44.2 Å². The van der Waals surface area contributed by atoms with E-state index in [2.05, 4.69) is 10.6 Å². The van der Waals surface area contributed by atoms with Crippen molar-refractivity contribution in [2.24, 2.45) is 5.73 Å². The van der Waals surface area contributed by atoms with Gasteiger partial charge in [0.05, 0.1) is 6.04 Å². The Balaban J connectivity index is 2.46. The van der Waals surface area contributed by atoms with Gasteiger partial charge >= 0.3 is 5.97 Å². The fourth-order valence-electron chi connectivity index (χ4n) is 1.89. The fraction of sp³-hybridized carbons (Fsp3) is 0.727. The molecule has 0 spiro atoms. The van der Waals surface area contributed by atoms with Crippen molar-refractivity contribution < 1.29 is 19.5 Å². The summed E-state index contributed by atoms with van der Waals surface area (Å²) in [6, 6.07) is -1.40. The predicted molar refractivity (Wildman–Crippen MR) is 63.6 cm³/mol. The Hall–Kier alpha value is -1.63. The molecule has 0 saturated carbocycles. The number of carbonyl (C=O) groups is 3. The minimum absolute atomic E-state index is 0.0170. The average molecular weight is 257 g/mol. The summed E-state index contributed by atoms with van der Waals surface area (Å²) in [5.41, 5.74) is 4.96. The molecule has 1 saturated heterocycles. The van der Waals surface area contributed by atoms with Crippen LogP contribution in [0, 0.1) is 0 Å². The summed E-state index contributed by atoms with van der Waals surface area (Å²) in [5.74, 6) is -2.06. The van der Waals surface area contributed by atoms with E-state index in [9.17, 15) is 14.4 Å². The van der Waals surface area contributed by atoms with E-state index in [1.165, 1.54) is 0 Å². The molecule has 2 atom stereocenters. The van der Waals surface area contributed by atoms with Crippen molar-refractivity contribution in [1.82, 2.24) is 10.6 Å². The average Bonchev–Trinajstić information content (AvgIpc) is 2.34. The monoisotopic (exact) mass is 257 g/mol. The molecule has 0 aromatic heterocycles. The van der Waals surface area contributed by atoms with E-state index in [0.717, 1.165) is 19.4 Å². The molecule has 0 radical (unpaired) electrons. The molecule has 1 fully saturated rings. The predicted octanol–water partition coefficient (Wildman–Crippen LogP) is -1.04. The highest BCUT2D eigenvalue weighted by Gasteiger charge is 2.26. The number of nitrogens with one attached hydrogen (secondary N) is 2. The number of amides is 2. The highest BCUT2D eigenvalue weighted by molar-refractivity contribution is 5.87. The summed E-state index contributed by atoms with van der Waals surface area (Å²) < 4.78 is 0. The maximum atomic E-state index is 11.8. The molecule has 1 heterocycles. The van der Waals surface area contributed by atoms with Crippen LogP contribution in [0.3, 0.4) is 0 Å². The molecular formula is C11H19N3O4. The Kier molecular flexibility index (Phi) is 5.57. The van der Waals surface area contributed by atoms with Gasteiger partial charge in [0.1, 0.15) is 6.04 Å². The normalized spacial score (nSPS) is 21.0. The summed E-state index contributed by atoms with van der Waals surface area (Å²) >= 11 is 0. The van der Waals surface area contributed by atoms with Gasteiger partial charge in [-0.2, -0.15) is 0 Å². The number of piperidine rings is 1. The largest absolute Gasteiger partial charge is 0.480 e.